The number of carbonyl (C=O) groups excluding carboxylic acids is 1. The van der Waals surface area contributed by atoms with Gasteiger partial charge in [0, 0.05) is 34.5 Å². The summed E-state index contributed by atoms with van der Waals surface area (Å²) in [6.07, 6.45) is 10.1. The molecule has 8 heteroatoms. The summed E-state index contributed by atoms with van der Waals surface area (Å²) >= 11 is 7.13. The number of nitrogens with two attached hydrogens (primary N) is 3. The number of ketones is 1. The van der Waals surface area contributed by atoms with E-state index in [1.807, 2.05) is 18.2 Å². The van der Waals surface area contributed by atoms with Crippen molar-refractivity contribution in [2.24, 2.45) is 11.7 Å². The molecule has 0 atom stereocenters. The molecule has 1 fully saturated rings. The molecule has 0 amide bonds. The third-order valence-corrected chi connectivity index (χ3v) is 8.21. The predicted octanol–water partition coefficient (Wildman–Crippen LogP) is 8.53. The van der Waals surface area contributed by atoms with E-state index in [0.29, 0.717) is 20.8 Å². The van der Waals surface area contributed by atoms with Crippen LogP contribution in [0.25, 0.3) is 21.2 Å². The number of rotatable bonds is 3. The molecule has 5 nitrogen and oxygen atoms in total. The predicted molar refractivity (Wildman–Crippen MR) is 167 cm³/mol. The van der Waals surface area contributed by atoms with Gasteiger partial charge in [-0.1, -0.05) is 69.7 Å². The maximum absolute atomic E-state index is 13.3. The van der Waals surface area contributed by atoms with Crippen molar-refractivity contribution in [1.82, 2.24) is 4.98 Å². The molecule has 0 unspecified atom stereocenters. The van der Waals surface area contributed by atoms with Gasteiger partial charge in [0.1, 0.15) is 11.6 Å². The molecule has 1 aliphatic carbocycles. The van der Waals surface area contributed by atoms with Crippen molar-refractivity contribution in [3.63, 3.8) is 0 Å². The monoisotopic (exact) mass is 570 g/mol. The number of pyridine rings is 1. The van der Waals surface area contributed by atoms with Gasteiger partial charge in [-0.3, -0.25) is 4.79 Å². The van der Waals surface area contributed by atoms with Crippen LogP contribution in [0.3, 0.4) is 0 Å². The minimum Gasteiger partial charge on any atom is -0.399 e. The zero-order valence-corrected chi connectivity index (χ0v) is 24.8. The quantitative estimate of drug-likeness (QED) is 0.169. The van der Waals surface area contributed by atoms with Gasteiger partial charge in [0.2, 0.25) is 0 Å². The van der Waals surface area contributed by atoms with Gasteiger partial charge in [-0.2, -0.15) is 0 Å². The molecule has 5 rings (SSSR count). The molecule has 4 aromatic rings. The summed E-state index contributed by atoms with van der Waals surface area (Å²) in [4.78, 5) is 15.7. The van der Waals surface area contributed by atoms with E-state index in [2.05, 4.69) is 30.6 Å². The molecule has 0 radical (unpaired) electrons. The number of halogens is 2. The van der Waals surface area contributed by atoms with Crippen molar-refractivity contribution in [2.45, 2.75) is 59.3 Å². The van der Waals surface area contributed by atoms with E-state index in [1.165, 1.54) is 63.5 Å². The Bertz CT molecular complexity index is 1330. The van der Waals surface area contributed by atoms with Crippen LogP contribution >= 0.6 is 22.9 Å². The second-order valence-corrected chi connectivity index (χ2v) is 10.8. The van der Waals surface area contributed by atoms with Gasteiger partial charge in [-0.15, -0.1) is 11.3 Å². The minimum absolute atomic E-state index is 0.129. The molecule has 1 aliphatic rings. The average Bonchev–Trinajstić information content (AvgIpc) is 3.29. The molecular formula is C31H40ClFN4OS. The maximum Gasteiger partial charge on any atom is 0.171 e. The molecule has 210 valence electrons. The van der Waals surface area contributed by atoms with E-state index in [4.69, 9.17) is 23.1 Å². The van der Waals surface area contributed by atoms with Gasteiger partial charge in [-0.05, 0) is 66.9 Å². The third-order valence-electron chi connectivity index (χ3n) is 6.46. The molecule has 0 saturated heterocycles. The summed E-state index contributed by atoms with van der Waals surface area (Å²) in [6.45, 7) is 5.88. The highest BCUT2D eigenvalue weighted by Gasteiger charge is 2.16. The highest BCUT2D eigenvalue weighted by molar-refractivity contribution is 7.21. The summed E-state index contributed by atoms with van der Waals surface area (Å²) < 4.78 is 14.0. The molecule has 0 spiro atoms. The van der Waals surface area contributed by atoms with Crippen LogP contribution in [0.2, 0.25) is 5.02 Å². The van der Waals surface area contributed by atoms with Gasteiger partial charge < -0.3 is 17.2 Å². The SMILES string of the molecule is CC(=O)c1sc2cccc(F)c2c1Cl.CC1CCCCC1.CCc1cc(-c2ccc(N)nc2)ccc1N.CN. The van der Waals surface area contributed by atoms with Crippen LogP contribution in [0.1, 0.15) is 68.1 Å². The lowest BCUT2D eigenvalue weighted by molar-refractivity contribution is 0.102. The zero-order chi connectivity index (χ0) is 28.9. The average molecular weight is 571 g/mol. The standard InChI is InChI=1S/C13H15N3.C10H6ClFOS.C7H14.CH5N/c1-2-9-7-10(3-5-12(9)14)11-4-6-13(15)16-8-11;1-5(13)10-9(11)8-6(12)3-2-4-7(8)14-10;1-7-5-3-2-4-6-7;1-2/h3-8H,2,14H2,1H3,(H2,15,16);2-4H,1H3;7H,2-6H2,1H3;2H2,1H3. The smallest absolute Gasteiger partial charge is 0.171 e. The first-order valence-electron chi connectivity index (χ1n) is 13.3. The zero-order valence-electron chi connectivity index (χ0n) is 23.3. The Balaban J connectivity index is 0.000000211. The molecule has 6 N–H and O–H groups in total. The Kier molecular flexibility index (Phi) is 13.4. The molecule has 2 heterocycles. The summed E-state index contributed by atoms with van der Waals surface area (Å²) in [5, 5.41) is 0.583. The number of nitrogen functional groups attached to an aromatic ring is 2. The molecular weight excluding hydrogens is 531 g/mol. The highest BCUT2D eigenvalue weighted by Crippen LogP contribution is 2.37. The number of carbonyl (C=O) groups is 1. The number of fused-ring (bicyclic) bond motifs is 1. The van der Waals surface area contributed by atoms with Crippen molar-refractivity contribution in [2.75, 3.05) is 18.5 Å². The Morgan fingerprint density at radius 1 is 1.05 bits per heavy atom. The van der Waals surface area contributed by atoms with Gasteiger partial charge in [-0.25, -0.2) is 9.37 Å². The van der Waals surface area contributed by atoms with Crippen molar-refractivity contribution < 1.29 is 9.18 Å². The van der Waals surface area contributed by atoms with Crippen molar-refractivity contribution in [3.8, 4) is 11.1 Å². The fourth-order valence-electron chi connectivity index (χ4n) is 4.27. The maximum atomic E-state index is 13.3. The summed E-state index contributed by atoms with van der Waals surface area (Å²) in [5.41, 5.74) is 20.1. The second kappa shape index (κ2) is 16.2. The van der Waals surface area contributed by atoms with Gasteiger partial charge in [0.15, 0.2) is 5.78 Å². The minimum atomic E-state index is -0.378. The molecule has 0 aliphatic heterocycles. The number of aromatic nitrogens is 1. The van der Waals surface area contributed by atoms with Crippen molar-refractivity contribution >= 4 is 50.3 Å². The van der Waals surface area contributed by atoms with Gasteiger partial charge in [0.05, 0.1) is 9.90 Å². The summed E-state index contributed by atoms with van der Waals surface area (Å²) in [5.74, 6) is 1.07. The van der Waals surface area contributed by atoms with Gasteiger partial charge in [0.25, 0.3) is 0 Å². The molecule has 1 saturated carbocycles. The Morgan fingerprint density at radius 3 is 2.23 bits per heavy atom. The van der Waals surface area contributed by atoms with E-state index in [-0.39, 0.29) is 16.6 Å². The Hall–Kier alpha value is -3.00. The number of Topliss-reactive ketones (excluding diaryl/α,β-unsaturated/α-hetero) is 1. The topological polar surface area (TPSA) is 108 Å². The summed E-state index contributed by atoms with van der Waals surface area (Å²) in [7, 11) is 1.50. The highest BCUT2D eigenvalue weighted by atomic mass is 35.5. The first-order chi connectivity index (χ1) is 18.7. The fourth-order valence-corrected chi connectivity index (χ4v) is 5.77. The molecule has 0 bridgehead atoms. The number of anilines is 2. The first kappa shape index (κ1) is 32.2. The van der Waals surface area contributed by atoms with E-state index in [9.17, 15) is 9.18 Å². The van der Waals surface area contributed by atoms with Crippen LogP contribution in [0, 0.1) is 11.7 Å². The molecule has 39 heavy (non-hydrogen) atoms. The van der Waals surface area contributed by atoms with Crippen LogP contribution in [-0.4, -0.2) is 17.8 Å². The fraction of sp³-hybridized carbons (Fsp3) is 0.355. The molecule has 2 aromatic carbocycles. The van der Waals surface area contributed by atoms with Crippen molar-refractivity contribution in [1.29, 1.82) is 0 Å². The first-order valence-corrected chi connectivity index (χ1v) is 14.5. The lowest BCUT2D eigenvalue weighted by Gasteiger charge is -2.15. The number of hydrogen-bond donors (Lipinski definition) is 3. The van der Waals surface area contributed by atoms with Crippen LogP contribution in [0.15, 0.2) is 54.7 Å². The van der Waals surface area contributed by atoms with Crippen LogP contribution in [-0.2, 0) is 6.42 Å². The Labute approximate surface area is 240 Å². The lowest BCUT2D eigenvalue weighted by atomic mass is 9.91. The Morgan fingerprint density at radius 2 is 1.72 bits per heavy atom. The number of hydrogen-bond acceptors (Lipinski definition) is 6. The van der Waals surface area contributed by atoms with Gasteiger partial charge >= 0.3 is 0 Å². The van der Waals surface area contributed by atoms with Crippen LogP contribution in [0.5, 0.6) is 0 Å². The number of thiophene rings is 1. The van der Waals surface area contributed by atoms with E-state index >= 15 is 0 Å². The number of aryl methyl sites for hydroxylation is 1. The largest absolute Gasteiger partial charge is 0.399 e. The van der Waals surface area contributed by atoms with Crippen LogP contribution < -0.4 is 17.2 Å². The van der Waals surface area contributed by atoms with E-state index < -0.39 is 0 Å². The third kappa shape index (κ3) is 9.31. The number of nitrogens with zero attached hydrogens (tertiary/aromatic N) is 1. The van der Waals surface area contributed by atoms with Crippen LogP contribution in [0.4, 0.5) is 15.9 Å². The normalized spacial score (nSPS) is 12.8. The molecule has 2 aromatic heterocycles. The number of benzene rings is 2. The summed E-state index contributed by atoms with van der Waals surface area (Å²) in [6, 6.07) is 14.5. The van der Waals surface area contributed by atoms with E-state index in [0.717, 1.165) is 34.7 Å². The van der Waals surface area contributed by atoms with E-state index in [1.54, 1.807) is 24.4 Å². The van der Waals surface area contributed by atoms with Crippen molar-refractivity contribution in [3.05, 3.63) is 76.0 Å². The second-order valence-electron chi connectivity index (χ2n) is 9.40. The lowest BCUT2D eigenvalue weighted by Crippen LogP contribution is -1.99.